The van der Waals surface area contributed by atoms with Crippen molar-refractivity contribution >= 4 is 19.4 Å². The standard InChI is InChI=1S/3ClH.Er.4H2O/h3*1H;;4*1H2/q;;;+3;;;;/p-3. The summed E-state index contributed by atoms with van der Waals surface area (Å²) in [5.74, 6) is 0. The molecule has 0 rings (SSSR count). The molecule has 0 atom stereocenters. The normalized spacial score (nSPS) is 5.62. The zero-order valence-corrected chi connectivity index (χ0v) is 7.54. The maximum absolute atomic E-state index is 4.94. The molecule has 4 nitrogen and oxygen atoms in total. The average molecular weight is 346 g/mol. The second-order valence-corrected chi connectivity index (χ2v) is 8.26. The van der Waals surface area contributed by atoms with Gasteiger partial charge >= 0.3 is 46.5 Å². The third-order valence-electron chi connectivity index (χ3n) is 0. The molecular weight excluding hydrogens is 338 g/mol. The molecule has 0 unspecified atom stereocenters. The predicted octanol–water partition coefficient (Wildman–Crippen LogP) is -1.23. The fraction of sp³-hybridized carbons (Fsp3) is 0. The van der Waals surface area contributed by atoms with Crippen LogP contribution in [0.3, 0.4) is 0 Å². The van der Waals surface area contributed by atoms with Gasteiger partial charge in [0.1, 0.15) is 0 Å². The summed E-state index contributed by atoms with van der Waals surface area (Å²) >= 11 is -1.72. The van der Waals surface area contributed by atoms with E-state index in [-0.39, 0.29) is 21.9 Å². The van der Waals surface area contributed by atoms with E-state index >= 15 is 0 Å². The van der Waals surface area contributed by atoms with Crippen molar-refractivity contribution < 1.29 is 48.9 Å². The van der Waals surface area contributed by atoms with Crippen LogP contribution in [0.5, 0.6) is 0 Å². The molecule has 0 aromatic heterocycles. The summed E-state index contributed by atoms with van der Waals surface area (Å²) in [7, 11) is 0. The summed E-state index contributed by atoms with van der Waals surface area (Å²) in [5, 5.41) is 0. The van der Waals surface area contributed by atoms with Crippen LogP contribution < -0.4 is 0 Å². The van der Waals surface area contributed by atoms with E-state index in [1.807, 2.05) is 0 Å². The minimum absolute atomic E-state index is 0. The summed E-state index contributed by atoms with van der Waals surface area (Å²) in [6.07, 6.45) is 0. The Labute approximate surface area is 67.4 Å². The molecule has 0 fully saturated rings. The van der Waals surface area contributed by atoms with Crippen molar-refractivity contribution in [3.63, 3.8) is 0 Å². The SMILES string of the molecule is O.O.O.O.[Cl][Er]([Cl])[Cl]. The quantitative estimate of drug-likeness (QED) is 0.521. The van der Waals surface area contributed by atoms with Gasteiger partial charge < -0.3 is 21.9 Å². The van der Waals surface area contributed by atoms with Gasteiger partial charge in [0, 0.05) is 0 Å². The summed E-state index contributed by atoms with van der Waals surface area (Å²) in [4.78, 5) is 0. The fourth-order valence-electron chi connectivity index (χ4n) is 0. The molecule has 0 spiro atoms. The molecule has 8 heavy (non-hydrogen) atoms. The van der Waals surface area contributed by atoms with Crippen LogP contribution in [0.1, 0.15) is 0 Å². The van der Waals surface area contributed by atoms with E-state index in [2.05, 4.69) is 0 Å². The van der Waals surface area contributed by atoms with Crippen LogP contribution in [0.2, 0.25) is 0 Å². The molecule has 0 aliphatic heterocycles. The van der Waals surface area contributed by atoms with Crippen molar-refractivity contribution in [1.82, 2.24) is 0 Å². The van der Waals surface area contributed by atoms with Crippen LogP contribution >= 0.6 is 19.4 Å². The van der Waals surface area contributed by atoms with Gasteiger partial charge in [0.25, 0.3) is 0 Å². The van der Waals surface area contributed by atoms with Crippen molar-refractivity contribution in [2.24, 2.45) is 0 Å². The summed E-state index contributed by atoms with van der Waals surface area (Å²) in [6, 6.07) is 0. The summed E-state index contributed by atoms with van der Waals surface area (Å²) in [6.45, 7) is 14.8. The van der Waals surface area contributed by atoms with Crippen LogP contribution in [0, 0.1) is 27.0 Å². The van der Waals surface area contributed by atoms with Crippen molar-refractivity contribution in [1.29, 1.82) is 0 Å². The van der Waals surface area contributed by atoms with Gasteiger partial charge in [-0.3, -0.25) is 0 Å². The Kier molecular flexibility index (Phi) is 93.8. The van der Waals surface area contributed by atoms with Crippen LogP contribution in [0.15, 0.2) is 0 Å². The number of hydrogen-bond acceptors (Lipinski definition) is 0. The van der Waals surface area contributed by atoms with Gasteiger partial charge in [-0.15, -0.1) is 0 Å². The van der Waals surface area contributed by atoms with Gasteiger partial charge in [0.05, 0.1) is 0 Å². The molecule has 0 radical (unpaired) electrons. The first-order chi connectivity index (χ1) is 1.73. The molecule has 0 aromatic rings. The summed E-state index contributed by atoms with van der Waals surface area (Å²) in [5.41, 5.74) is 0. The first-order valence-electron chi connectivity index (χ1n) is 0.327. The Morgan fingerprint density at radius 3 is 0.625 bits per heavy atom. The van der Waals surface area contributed by atoms with Crippen LogP contribution in [0.4, 0.5) is 0 Å². The molecule has 8 N–H and O–H groups in total. The Balaban J connectivity index is -0.00000000750. The molecule has 0 saturated carbocycles. The first-order valence-corrected chi connectivity index (χ1v) is 7.28. The van der Waals surface area contributed by atoms with Gasteiger partial charge in [-0.25, -0.2) is 0 Å². The second kappa shape index (κ2) is 23.1. The Morgan fingerprint density at radius 2 is 0.625 bits per heavy atom. The zero-order valence-electron chi connectivity index (χ0n) is 3.42. The van der Waals surface area contributed by atoms with Gasteiger partial charge in [0.15, 0.2) is 0 Å². The molecule has 8 heteroatoms. The van der Waals surface area contributed by atoms with E-state index in [0.717, 1.165) is 0 Å². The molecule has 0 saturated heterocycles. The van der Waals surface area contributed by atoms with Crippen LogP contribution in [-0.2, 0) is 0 Å². The van der Waals surface area contributed by atoms with Crippen LogP contribution in [-0.4, -0.2) is 21.9 Å². The van der Waals surface area contributed by atoms with Gasteiger partial charge in [-0.05, 0) is 0 Å². The molecule has 0 amide bonds. The zero-order chi connectivity index (χ0) is 3.58. The molecule has 0 aliphatic rings. The van der Waals surface area contributed by atoms with E-state index in [1.54, 1.807) is 0 Å². The van der Waals surface area contributed by atoms with Gasteiger partial charge in [-0.2, -0.15) is 0 Å². The van der Waals surface area contributed by atoms with E-state index in [0.29, 0.717) is 0 Å². The third-order valence-corrected chi connectivity index (χ3v) is 0. The average Bonchev–Trinajstić information content (AvgIpc) is 0.811. The second-order valence-electron chi connectivity index (χ2n) is 0.124. The number of rotatable bonds is 0. The minimum atomic E-state index is -1.72. The number of hydrogen-bond donors (Lipinski definition) is 0. The van der Waals surface area contributed by atoms with E-state index in [9.17, 15) is 0 Å². The fourth-order valence-corrected chi connectivity index (χ4v) is 0. The third kappa shape index (κ3) is 101. The molecule has 65 valence electrons. The Morgan fingerprint density at radius 1 is 0.625 bits per heavy atom. The Bertz CT molecular complexity index is 16.0. The van der Waals surface area contributed by atoms with E-state index in [4.69, 9.17) is 19.4 Å². The van der Waals surface area contributed by atoms with Crippen LogP contribution in [0.25, 0.3) is 0 Å². The summed E-state index contributed by atoms with van der Waals surface area (Å²) < 4.78 is 0. The van der Waals surface area contributed by atoms with Gasteiger partial charge in [-0.1, -0.05) is 0 Å². The Hall–Kier alpha value is 1.96. The molecule has 0 heterocycles. The predicted molar refractivity (Wildman–Crippen MR) is 32.0 cm³/mol. The topological polar surface area (TPSA) is 126 Å². The van der Waals surface area contributed by atoms with Crippen molar-refractivity contribution in [2.75, 3.05) is 0 Å². The maximum atomic E-state index is 4.94. The molecule has 0 aliphatic carbocycles. The van der Waals surface area contributed by atoms with E-state index < -0.39 is 27.0 Å². The van der Waals surface area contributed by atoms with Crippen molar-refractivity contribution in [3.8, 4) is 0 Å². The number of halogens is 3. The molecule has 0 aromatic carbocycles. The first kappa shape index (κ1) is 32.5. The monoisotopic (exact) mass is 343 g/mol. The molecule has 0 bridgehead atoms. The van der Waals surface area contributed by atoms with Crippen molar-refractivity contribution in [2.45, 2.75) is 0 Å². The van der Waals surface area contributed by atoms with Gasteiger partial charge in [0.2, 0.25) is 0 Å². The van der Waals surface area contributed by atoms with E-state index in [1.165, 1.54) is 0 Å². The van der Waals surface area contributed by atoms with Crippen molar-refractivity contribution in [3.05, 3.63) is 0 Å². The molecular formula is H8Cl3ErO4.